The van der Waals surface area contributed by atoms with Crippen LogP contribution in [0.25, 0.3) is 0 Å². The Morgan fingerprint density at radius 3 is 2.59 bits per heavy atom. The standard InChI is InChI=1S/C14H23NO2/c16-9-14(4-1-5-14)15-13(17)8-12-7-10-2-3-11(12)6-10/h10-12,16H,1-9H2,(H,15,17). The lowest BCUT2D eigenvalue weighted by molar-refractivity contribution is -0.126. The van der Waals surface area contributed by atoms with Gasteiger partial charge in [0.15, 0.2) is 0 Å². The summed E-state index contributed by atoms with van der Waals surface area (Å²) in [6, 6.07) is 0. The van der Waals surface area contributed by atoms with E-state index in [9.17, 15) is 9.90 Å². The Kier molecular flexibility index (Phi) is 2.89. The number of fused-ring (bicyclic) bond motifs is 2. The number of rotatable bonds is 4. The maximum absolute atomic E-state index is 12.0. The molecular formula is C14H23NO2. The van der Waals surface area contributed by atoms with Crippen molar-refractivity contribution in [3.8, 4) is 0 Å². The molecule has 3 heteroatoms. The molecule has 3 atom stereocenters. The van der Waals surface area contributed by atoms with Crippen molar-refractivity contribution in [2.24, 2.45) is 17.8 Å². The van der Waals surface area contributed by atoms with Crippen LogP contribution < -0.4 is 5.32 Å². The Balaban J connectivity index is 1.50. The number of hydrogen-bond donors (Lipinski definition) is 2. The van der Waals surface area contributed by atoms with E-state index < -0.39 is 0 Å². The van der Waals surface area contributed by atoms with E-state index in [1.807, 2.05) is 0 Å². The highest BCUT2D eigenvalue weighted by Gasteiger charge is 2.42. The lowest BCUT2D eigenvalue weighted by atomic mass is 9.77. The Morgan fingerprint density at radius 1 is 1.29 bits per heavy atom. The molecule has 0 aromatic carbocycles. The summed E-state index contributed by atoms with van der Waals surface area (Å²) < 4.78 is 0. The molecule has 17 heavy (non-hydrogen) atoms. The van der Waals surface area contributed by atoms with E-state index in [0.717, 1.165) is 31.1 Å². The van der Waals surface area contributed by atoms with Gasteiger partial charge in [0.2, 0.25) is 5.91 Å². The molecule has 0 heterocycles. The van der Waals surface area contributed by atoms with Gasteiger partial charge in [-0.3, -0.25) is 4.79 Å². The summed E-state index contributed by atoms with van der Waals surface area (Å²) in [5, 5.41) is 12.4. The van der Waals surface area contributed by atoms with Crippen molar-refractivity contribution in [3.63, 3.8) is 0 Å². The van der Waals surface area contributed by atoms with Gasteiger partial charge in [0.25, 0.3) is 0 Å². The molecule has 3 aliphatic rings. The van der Waals surface area contributed by atoms with Gasteiger partial charge in [-0.2, -0.15) is 0 Å². The van der Waals surface area contributed by atoms with Gasteiger partial charge >= 0.3 is 0 Å². The van der Waals surface area contributed by atoms with Crippen molar-refractivity contribution in [3.05, 3.63) is 0 Å². The normalized spacial score (nSPS) is 37.8. The van der Waals surface area contributed by atoms with Crippen LogP contribution in [0.3, 0.4) is 0 Å². The topological polar surface area (TPSA) is 49.3 Å². The van der Waals surface area contributed by atoms with Crippen LogP contribution in [-0.4, -0.2) is 23.2 Å². The van der Waals surface area contributed by atoms with Crippen molar-refractivity contribution < 1.29 is 9.90 Å². The number of carbonyl (C=O) groups excluding carboxylic acids is 1. The molecule has 3 saturated carbocycles. The fraction of sp³-hybridized carbons (Fsp3) is 0.929. The Labute approximate surface area is 103 Å². The van der Waals surface area contributed by atoms with Gasteiger partial charge in [-0.1, -0.05) is 6.42 Å². The average molecular weight is 237 g/mol. The van der Waals surface area contributed by atoms with Crippen LogP contribution in [0.2, 0.25) is 0 Å². The molecule has 3 rings (SSSR count). The second kappa shape index (κ2) is 4.27. The summed E-state index contributed by atoms with van der Waals surface area (Å²) in [5.41, 5.74) is -0.255. The summed E-state index contributed by atoms with van der Waals surface area (Å²) in [4.78, 5) is 12.0. The van der Waals surface area contributed by atoms with Crippen molar-refractivity contribution in [2.75, 3.05) is 6.61 Å². The van der Waals surface area contributed by atoms with Crippen LogP contribution in [0, 0.1) is 17.8 Å². The average Bonchev–Trinajstić information content (AvgIpc) is 2.85. The molecule has 3 fully saturated rings. The summed E-state index contributed by atoms with van der Waals surface area (Å²) in [5.74, 6) is 2.53. The van der Waals surface area contributed by atoms with Gasteiger partial charge in [-0.15, -0.1) is 0 Å². The fourth-order valence-electron chi connectivity index (χ4n) is 4.14. The summed E-state index contributed by atoms with van der Waals surface area (Å²) in [6.45, 7) is 0.107. The molecule has 3 aliphatic carbocycles. The summed E-state index contributed by atoms with van der Waals surface area (Å²) in [7, 11) is 0. The molecule has 3 nitrogen and oxygen atoms in total. The number of amides is 1. The zero-order valence-electron chi connectivity index (χ0n) is 10.5. The monoisotopic (exact) mass is 237 g/mol. The molecule has 3 unspecified atom stereocenters. The predicted octanol–water partition coefficient (Wildman–Crippen LogP) is 1.84. The second-order valence-corrected chi connectivity index (χ2v) is 6.48. The van der Waals surface area contributed by atoms with Crippen molar-refractivity contribution in [2.45, 2.75) is 56.9 Å². The molecule has 2 bridgehead atoms. The third kappa shape index (κ3) is 2.10. The first-order valence-corrected chi connectivity index (χ1v) is 7.13. The van der Waals surface area contributed by atoms with Crippen LogP contribution in [0.5, 0.6) is 0 Å². The maximum Gasteiger partial charge on any atom is 0.220 e. The molecule has 2 N–H and O–H groups in total. The first-order chi connectivity index (χ1) is 8.21. The fourth-order valence-corrected chi connectivity index (χ4v) is 4.14. The Hall–Kier alpha value is -0.570. The quantitative estimate of drug-likeness (QED) is 0.784. The molecule has 0 aromatic heterocycles. The van der Waals surface area contributed by atoms with Crippen LogP contribution in [0.4, 0.5) is 0 Å². The number of nitrogens with one attached hydrogen (secondary N) is 1. The third-order valence-electron chi connectivity index (χ3n) is 5.35. The maximum atomic E-state index is 12.0. The summed E-state index contributed by atoms with van der Waals surface area (Å²) >= 11 is 0. The van der Waals surface area contributed by atoms with Gasteiger partial charge in [-0.25, -0.2) is 0 Å². The lowest BCUT2D eigenvalue weighted by Gasteiger charge is -2.41. The van der Waals surface area contributed by atoms with Crippen LogP contribution in [-0.2, 0) is 4.79 Å². The number of carbonyl (C=O) groups is 1. The Bertz CT molecular complexity index is 306. The highest BCUT2D eigenvalue weighted by molar-refractivity contribution is 5.77. The van der Waals surface area contributed by atoms with Crippen molar-refractivity contribution in [1.29, 1.82) is 0 Å². The molecule has 0 aromatic rings. The minimum Gasteiger partial charge on any atom is -0.394 e. The largest absolute Gasteiger partial charge is 0.394 e. The predicted molar refractivity (Wildman–Crippen MR) is 65.4 cm³/mol. The van der Waals surface area contributed by atoms with Gasteiger partial charge in [0, 0.05) is 6.42 Å². The lowest BCUT2D eigenvalue weighted by Crippen LogP contribution is -2.56. The first kappa shape index (κ1) is 11.5. The summed E-state index contributed by atoms with van der Waals surface area (Å²) in [6.07, 6.45) is 9.10. The molecule has 1 amide bonds. The smallest absolute Gasteiger partial charge is 0.220 e. The van der Waals surface area contributed by atoms with Gasteiger partial charge in [0.05, 0.1) is 12.1 Å². The third-order valence-corrected chi connectivity index (χ3v) is 5.35. The van der Waals surface area contributed by atoms with E-state index in [2.05, 4.69) is 5.32 Å². The van der Waals surface area contributed by atoms with Crippen LogP contribution >= 0.6 is 0 Å². The molecule has 0 aliphatic heterocycles. The van der Waals surface area contributed by atoms with Crippen LogP contribution in [0.1, 0.15) is 51.4 Å². The van der Waals surface area contributed by atoms with Crippen molar-refractivity contribution in [1.82, 2.24) is 5.32 Å². The zero-order valence-corrected chi connectivity index (χ0v) is 10.5. The minimum atomic E-state index is -0.255. The van der Waals surface area contributed by atoms with E-state index in [4.69, 9.17) is 0 Å². The molecule has 96 valence electrons. The van der Waals surface area contributed by atoms with Gasteiger partial charge < -0.3 is 10.4 Å². The van der Waals surface area contributed by atoms with Gasteiger partial charge in [-0.05, 0) is 56.3 Å². The molecule has 0 saturated heterocycles. The van der Waals surface area contributed by atoms with Crippen molar-refractivity contribution >= 4 is 5.91 Å². The number of aliphatic hydroxyl groups is 1. The Morgan fingerprint density at radius 2 is 2.12 bits per heavy atom. The highest BCUT2D eigenvalue weighted by Crippen LogP contribution is 2.49. The second-order valence-electron chi connectivity index (χ2n) is 6.48. The van der Waals surface area contributed by atoms with Crippen LogP contribution in [0.15, 0.2) is 0 Å². The van der Waals surface area contributed by atoms with E-state index in [1.165, 1.54) is 25.7 Å². The molecule has 0 spiro atoms. The van der Waals surface area contributed by atoms with E-state index in [-0.39, 0.29) is 18.1 Å². The zero-order chi connectivity index (χ0) is 11.9. The van der Waals surface area contributed by atoms with E-state index >= 15 is 0 Å². The van der Waals surface area contributed by atoms with Gasteiger partial charge in [0.1, 0.15) is 0 Å². The van der Waals surface area contributed by atoms with E-state index in [1.54, 1.807) is 0 Å². The SMILES string of the molecule is O=C(CC1CC2CCC1C2)NC1(CO)CCC1. The van der Waals surface area contributed by atoms with E-state index in [0.29, 0.717) is 12.3 Å². The molecule has 0 radical (unpaired) electrons. The molecular weight excluding hydrogens is 214 g/mol. The minimum absolute atomic E-state index is 0.107. The highest BCUT2D eigenvalue weighted by atomic mass is 16.3. The first-order valence-electron chi connectivity index (χ1n) is 7.13. The number of hydrogen-bond acceptors (Lipinski definition) is 2. The number of aliphatic hydroxyl groups excluding tert-OH is 1.